The van der Waals surface area contributed by atoms with Crippen molar-refractivity contribution in [2.75, 3.05) is 23.9 Å². The molecule has 3 saturated heterocycles. The Kier molecular flexibility index (Phi) is 4.05. The molecule has 7 nitrogen and oxygen atoms in total. The minimum Gasteiger partial charge on any atom is -0.495 e. The number of carbonyl (C=O) groups is 3. The number of nitrogens with one attached hydrogen (secondary N) is 1. The Morgan fingerprint density at radius 1 is 1.16 bits per heavy atom. The normalized spacial score (nSPS) is 30.7. The average molecular weight is 452 g/mol. The van der Waals surface area contributed by atoms with Gasteiger partial charge < -0.3 is 10.1 Å². The van der Waals surface area contributed by atoms with Gasteiger partial charge in [-0.3, -0.25) is 19.3 Å². The van der Waals surface area contributed by atoms with Gasteiger partial charge in [0, 0.05) is 28.4 Å². The molecule has 4 aliphatic heterocycles. The molecular weight excluding hydrogens is 430 g/mol. The molecule has 4 atom stereocenters. The number of nitrogens with zero attached hydrogens (tertiary/aromatic N) is 2. The highest BCUT2D eigenvalue weighted by Crippen LogP contribution is 2.61. The number of methoxy groups -OCH3 is 1. The zero-order chi connectivity index (χ0) is 22.4. The van der Waals surface area contributed by atoms with Crippen LogP contribution >= 0.6 is 11.6 Å². The van der Waals surface area contributed by atoms with Gasteiger partial charge in [0.05, 0.1) is 24.6 Å². The molecule has 0 aromatic heterocycles. The van der Waals surface area contributed by atoms with Crippen molar-refractivity contribution in [1.29, 1.82) is 0 Å². The fourth-order valence-corrected chi connectivity index (χ4v) is 6.54. The molecule has 0 aliphatic carbocycles. The van der Waals surface area contributed by atoms with Crippen LogP contribution in [0.2, 0.25) is 5.02 Å². The molecule has 0 unspecified atom stereocenters. The standard InChI is InChI=1S/C24H22ClN3O4/c1-12-10-17(18(32-2)11-14(12)25)28-21(29)19-16-8-5-9-27(16)24(20(19)22(28)30)13-6-3-4-7-15(13)26-23(24)31/h3-4,6-7,10-11,16,19-20H,5,8-9H2,1-2H3,(H,26,31)/t16-,19+,20+,24+/m0/s1. The van der Waals surface area contributed by atoms with E-state index in [1.807, 2.05) is 31.2 Å². The first-order chi connectivity index (χ1) is 15.4. The minimum absolute atomic E-state index is 0.155. The minimum atomic E-state index is -1.17. The first kappa shape index (κ1) is 19.8. The maximum Gasteiger partial charge on any atom is 0.250 e. The second kappa shape index (κ2) is 6.56. The van der Waals surface area contributed by atoms with Crippen LogP contribution in [0, 0.1) is 18.8 Å². The predicted octanol–water partition coefficient (Wildman–Crippen LogP) is 3.09. The van der Waals surface area contributed by atoms with Crippen LogP contribution < -0.4 is 15.0 Å². The third-order valence-corrected chi connectivity index (χ3v) is 8.01. The zero-order valence-corrected chi connectivity index (χ0v) is 18.5. The lowest BCUT2D eigenvalue weighted by Gasteiger charge is -2.36. The Labute approximate surface area is 190 Å². The maximum absolute atomic E-state index is 14.0. The second-order valence-corrected chi connectivity index (χ2v) is 9.36. The van der Waals surface area contributed by atoms with Crippen molar-refractivity contribution < 1.29 is 19.1 Å². The molecule has 4 aliphatic rings. The first-order valence-corrected chi connectivity index (χ1v) is 11.2. The topological polar surface area (TPSA) is 79.0 Å². The number of ether oxygens (including phenoxy) is 1. The van der Waals surface area contributed by atoms with Gasteiger partial charge in [-0.15, -0.1) is 0 Å². The number of imide groups is 1. The maximum atomic E-state index is 14.0. The van der Waals surface area contributed by atoms with E-state index in [1.165, 1.54) is 12.0 Å². The Morgan fingerprint density at radius 3 is 2.72 bits per heavy atom. The summed E-state index contributed by atoms with van der Waals surface area (Å²) in [4.78, 5) is 44.8. The summed E-state index contributed by atoms with van der Waals surface area (Å²) in [6.07, 6.45) is 1.66. The Bertz CT molecular complexity index is 1210. The number of carbonyl (C=O) groups excluding carboxylic acids is 3. The van der Waals surface area contributed by atoms with Gasteiger partial charge in [0.1, 0.15) is 11.3 Å². The third kappa shape index (κ3) is 2.18. The summed E-state index contributed by atoms with van der Waals surface area (Å²) in [6.45, 7) is 2.50. The summed E-state index contributed by atoms with van der Waals surface area (Å²) in [7, 11) is 1.48. The molecule has 1 N–H and O–H groups in total. The number of rotatable bonds is 2. The number of para-hydroxylation sites is 1. The highest BCUT2D eigenvalue weighted by Gasteiger charge is 2.74. The van der Waals surface area contributed by atoms with Crippen LogP contribution in [0.25, 0.3) is 0 Å². The van der Waals surface area contributed by atoms with E-state index in [1.54, 1.807) is 12.1 Å². The molecule has 1 spiro atoms. The molecule has 3 fully saturated rings. The zero-order valence-electron chi connectivity index (χ0n) is 17.7. The summed E-state index contributed by atoms with van der Waals surface area (Å²) in [5, 5.41) is 3.47. The molecular formula is C24H22ClN3O4. The van der Waals surface area contributed by atoms with Crippen LogP contribution in [0.3, 0.4) is 0 Å². The van der Waals surface area contributed by atoms with E-state index in [9.17, 15) is 14.4 Å². The van der Waals surface area contributed by atoms with Crippen LogP contribution in [0.1, 0.15) is 24.0 Å². The average Bonchev–Trinajstić information content (AvgIpc) is 3.48. The van der Waals surface area contributed by atoms with E-state index in [0.717, 1.165) is 24.0 Å². The van der Waals surface area contributed by atoms with Gasteiger partial charge >= 0.3 is 0 Å². The Balaban J connectivity index is 1.56. The number of amides is 3. The van der Waals surface area contributed by atoms with E-state index >= 15 is 0 Å². The predicted molar refractivity (Wildman–Crippen MR) is 119 cm³/mol. The summed E-state index contributed by atoms with van der Waals surface area (Å²) in [6, 6.07) is 10.7. The molecule has 4 heterocycles. The van der Waals surface area contributed by atoms with Gasteiger partial charge in [-0.25, -0.2) is 4.90 Å². The number of benzene rings is 2. The SMILES string of the molecule is COc1cc(Cl)c(C)cc1N1C(=O)[C@@H]2[C@@H]3CCCN3[C@@]3(C(=O)Nc4ccccc43)[C@H]2C1=O. The van der Waals surface area contributed by atoms with Crippen LogP contribution in [0.15, 0.2) is 36.4 Å². The van der Waals surface area contributed by atoms with Crippen molar-refractivity contribution in [3.63, 3.8) is 0 Å². The number of anilines is 2. The number of hydrogen-bond acceptors (Lipinski definition) is 5. The summed E-state index contributed by atoms with van der Waals surface area (Å²) >= 11 is 6.26. The monoisotopic (exact) mass is 451 g/mol. The summed E-state index contributed by atoms with van der Waals surface area (Å²) in [5.74, 6) is -1.87. The third-order valence-electron chi connectivity index (χ3n) is 7.60. The van der Waals surface area contributed by atoms with Gasteiger partial charge in [-0.1, -0.05) is 29.8 Å². The van der Waals surface area contributed by atoms with E-state index in [-0.39, 0.29) is 23.8 Å². The van der Waals surface area contributed by atoms with E-state index in [4.69, 9.17) is 16.3 Å². The highest BCUT2D eigenvalue weighted by molar-refractivity contribution is 6.32. The van der Waals surface area contributed by atoms with Gasteiger partial charge in [0.2, 0.25) is 17.7 Å². The summed E-state index contributed by atoms with van der Waals surface area (Å²) < 4.78 is 5.47. The van der Waals surface area contributed by atoms with Gasteiger partial charge in [-0.2, -0.15) is 0 Å². The highest BCUT2D eigenvalue weighted by atomic mass is 35.5. The molecule has 8 heteroatoms. The molecule has 32 heavy (non-hydrogen) atoms. The van der Waals surface area contributed by atoms with Crippen LogP contribution in [-0.2, 0) is 19.9 Å². The Morgan fingerprint density at radius 2 is 1.94 bits per heavy atom. The molecule has 0 saturated carbocycles. The van der Waals surface area contributed by atoms with Crippen molar-refractivity contribution in [3.8, 4) is 5.75 Å². The fourth-order valence-electron chi connectivity index (χ4n) is 6.38. The number of aryl methyl sites for hydroxylation is 1. The lowest BCUT2D eigenvalue weighted by Crippen LogP contribution is -2.54. The van der Waals surface area contributed by atoms with Crippen molar-refractivity contribution in [1.82, 2.24) is 4.90 Å². The van der Waals surface area contributed by atoms with E-state index in [2.05, 4.69) is 10.2 Å². The van der Waals surface area contributed by atoms with Gasteiger partial charge in [-0.05, 0) is 44.0 Å². The molecule has 0 bridgehead atoms. The quantitative estimate of drug-likeness (QED) is 0.710. The van der Waals surface area contributed by atoms with Crippen LogP contribution in [0.4, 0.5) is 11.4 Å². The molecule has 164 valence electrons. The number of fused-ring (bicyclic) bond motifs is 7. The molecule has 6 rings (SSSR count). The lowest BCUT2D eigenvalue weighted by atomic mass is 9.75. The lowest BCUT2D eigenvalue weighted by molar-refractivity contribution is -0.135. The Hall–Kier alpha value is -2.90. The van der Waals surface area contributed by atoms with Crippen LogP contribution in [0.5, 0.6) is 5.75 Å². The van der Waals surface area contributed by atoms with Gasteiger partial charge in [0.15, 0.2) is 0 Å². The van der Waals surface area contributed by atoms with Gasteiger partial charge in [0.25, 0.3) is 0 Å². The van der Waals surface area contributed by atoms with Crippen LogP contribution in [-0.4, -0.2) is 42.3 Å². The van der Waals surface area contributed by atoms with E-state index < -0.39 is 17.4 Å². The molecule has 2 aromatic rings. The molecule has 0 radical (unpaired) electrons. The molecule has 3 amide bonds. The number of hydrogen-bond donors (Lipinski definition) is 1. The van der Waals surface area contributed by atoms with Crippen molar-refractivity contribution in [2.24, 2.45) is 11.8 Å². The van der Waals surface area contributed by atoms with Crippen molar-refractivity contribution in [2.45, 2.75) is 31.3 Å². The second-order valence-electron chi connectivity index (χ2n) is 8.96. The van der Waals surface area contributed by atoms with E-state index in [0.29, 0.717) is 28.7 Å². The number of halogens is 1. The smallest absolute Gasteiger partial charge is 0.250 e. The van der Waals surface area contributed by atoms with Crippen molar-refractivity contribution >= 4 is 40.7 Å². The molecule has 2 aromatic carbocycles. The largest absolute Gasteiger partial charge is 0.495 e. The first-order valence-electron chi connectivity index (χ1n) is 10.8. The fraction of sp³-hybridized carbons (Fsp3) is 0.375. The van der Waals surface area contributed by atoms with Crippen molar-refractivity contribution in [3.05, 3.63) is 52.5 Å². The summed E-state index contributed by atoms with van der Waals surface area (Å²) in [5.41, 5.74) is 1.44.